The minimum Gasteiger partial charge on any atom is -0.418 e. The second-order valence-corrected chi connectivity index (χ2v) is 3.79. The Bertz CT molecular complexity index is 369. The van der Waals surface area contributed by atoms with E-state index in [0.29, 0.717) is 4.88 Å². The van der Waals surface area contributed by atoms with E-state index in [1.165, 1.54) is 11.3 Å². The van der Waals surface area contributed by atoms with E-state index in [4.69, 9.17) is 10.8 Å². The Morgan fingerprint density at radius 3 is 2.18 bits per heavy atom. The molecule has 0 saturated carbocycles. The quantitative estimate of drug-likeness (QED) is 0.452. The molecular formula is C10H15F2IN2OS. The zero-order valence-corrected chi connectivity index (χ0v) is 12.9. The molecule has 98 valence electrons. The summed E-state index contributed by atoms with van der Waals surface area (Å²) in [6, 6.07) is 3.35. The number of aryl methyl sites for hydroxylation is 1. The van der Waals surface area contributed by atoms with Gasteiger partial charge in [0, 0.05) is 4.88 Å². The molecule has 0 spiro atoms. The number of hydrogen-bond acceptors (Lipinski definition) is 4. The highest BCUT2D eigenvalue weighted by Gasteiger charge is 2.16. The van der Waals surface area contributed by atoms with Crippen molar-refractivity contribution in [3.8, 4) is 0 Å². The van der Waals surface area contributed by atoms with Gasteiger partial charge in [-0.15, -0.1) is 35.3 Å². The molecular weight excluding hydrogens is 361 g/mol. The van der Waals surface area contributed by atoms with Gasteiger partial charge in [0.05, 0.1) is 4.88 Å². The Hall–Kier alpha value is -0.570. The lowest BCUT2D eigenvalue weighted by Crippen LogP contribution is -2.17. The molecule has 1 heterocycles. The van der Waals surface area contributed by atoms with E-state index in [0.717, 1.165) is 4.88 Å². The first-order valence-electron chi connectivity index (χ1n) is 4.70. The normalized spacial score (nSPS) is 8.82. The second-order valence-electron chi connectivity index (χ2n) is 2.51. The second kappa shape index (κ2) is 9.46. The molecule has 0 atom stereocenters. The van der Waals surface area contributed by atoms with Crippen molar-refractivity contribution < 1.29 is 13.5 Å². The summed E-state index contributed by atoms with van der Waals surface area (Å²) in [6.07, 6.45) is -2.98. The van der Waals surface area contributed by atoms with Crippen LogP contribution in [-0.4, -0.2) is 18.2 Å². The third-order valence-corrected chi connectivity index (χ3v) is 2.37. The summed E-state index contributed by atoms with van der Waals surface area (Å²) in [5.74, 6) is -1.60. The Kier molecular flexibility index (Phi) is 10.5. The molecule has 0 radical (unpaired) electrons. The summed E-state index contributed by atoms with van der Waals surface area (Å²) in [7, 11) is 0. The lowest BCUT2D eigenvalue weighted by Gasteiger charge is -2.04. The molecule has 0 aromatic carbocycles. The maximum atomic E-state index is 11.9. The molecule has 7 heteroatoms. The molecule has 0 fully saturated rings. The fraction of sp³-hybridized carbons (Fsp3) is 0.400. The molecule has 1 rings (SSSR count). The van der Waals surface area contributed by atoms with Crippen LogP contribution in [0.4, 0.5) is 8.78 Å². The fourth-order valence-corrected chi connectivity index (χ4v) is 1.51. The average Bonchev–Trinajstić information content (AvgIpc) is 2.67. The molecule has 0 aliphatic heterocycles. The van der Waals surface area contributed by atoms with Crippen LogP contribution in [0.2, 0.25) is 0 Å². The van der Waals surface area contributed by atoms with Crippen LogP contribution in [0.1, 0.15) is 23.6 Å². The highest BCUT2D eigenvalue weighted by Crippen LogP contribution is 2.16. The molecule has 0 amide bonds. The standard InChI is InChI=1S/C8H8F2N2OS.C2H6.HI/c1-4-2-3-5(14-4)7(11)13-8(12)6(9)10;1-2;/h2-3,6,11-12H,1H3;1-2H3;1H. The van der Waals surface area contributed by atoms with Gasteiger partial charge >= 0.3 is 6.43 Å². The van der Waals surface area contributed by atoms with Crippen molar-refractivity contribution in [2.45, 2.75) is 27.2 Å². The van der Waals surface area contributed by atoms with E-state index in [1.807, 2.05) is 20.8 Å². The van der Waals surface area contributed by atoms with Gasteiger partial charge in [-0.25, -0.2) is 0 Å². The summed E-state index contributed by atoms with van der Waals surface area (Å²) in [5, 5.41) is 14.0. The zero-order valence-electron chi connectivity index (χ0n) is 9.71. The molecule has 3 nitrogen and oxygen atoms in total. The van der Waals surface area contributed by atoms with Crippen LogP contribution in [-0.2, 0) is 4.74 Å². The van der Waals surface area contributed by atoms with E-state index < -0.39 is 18.2 Å². The van der Waals surface area contributed by atoms with E-state index in [1.54, 1.807) is 12.1 Å². The summed E-state index contributed by atoms with van der Waals surface area (Å²) in [6.45, 7) is 5.83. The van der Waals surface area contributed by atoms with Gasteiger partial charge in [0.15, 0.2) is 0 Å². The van der Waals surface area contributed by atoms with Crippen molar-refractivity contribution in [1.82, 2.24) is 0 Å². The first-order chi connectivity index (χ1) is 7.50. The minimum absolute atomic E-state index is 0. The number of alkyl halides is 2. The van der Waals surface area contributed by atoms with E-state index in [-0.39, 0.29) is 24.0 Å². The van der Waals surface area contributed by atoms with Crippen molar-refractivity contribution in [3.63, 3.8) is 0 Å². The maximum Gasteiger partial charge on any atom is 0.312 e. The fourth-order valence-electron chi connectivity index (χ4n) is 0.761. The molecule has 1 aromatic rings. The van der Waals surface area contributed by atoms with Crippen LogP contribution in [0, 0.1) is 17.7 Å². The van der Waals surface area contributed by atoms with E-state index in [2.05, 4.69) is 4.74 Å². The number of rotatable bonds is 2. The predicted molar refractivity (Wildman–Crippen MR) is 77.5 cm³/mol. The van der Waals surface area contributed by atoms with E-state index in [9.17, 15) is 8.78 Å². The molecule has 0 saturated heterocycles. The summed E-state index contributed by atoms with van der Waals surface area (Å²) < 4.78 is 28.1. The Labute approximate surface area is 120 Å². The third-order valence-electron chi connectivity index (χ3n) is 1.37. The van der Waals surface area contributed by atoms with Crippen molar-refractivity contribution >= 4 is 47.1 Å². The monoisotopic (exact) mass is 376 g/mol. The van der Waals surface area contributed by atoms with E-state index >= 15 is 0 Å². The largest absolute Gasteiger partial charge is 0.418 e. The highest BCUT2D eigenvalue weighted by atomic mass is 127. The first-order valence-corrected chi connectivity index (χ1v) is 5.52. The highest BCUT2D eigenvalue weighted by molar-refractivity contribution is 14.0. The topological polar surface area (TPSA) is 56.9 Å². The molecule has 1 aromatic heterocycles. The predicted octanol–water partition coefficient (Wildman–Crippen LogP) is 4.29. The molecule has 2 N–H and O–H groups in total. The van der Waals surface area contributed by atoms with Crippen molar-refractivity contribution in [2.75, 3.05) is 0 Å². The number of hydrogen-bond donors (Lipinski definition) is 2. The van der Waals surface area contributed by atoms with Crippen LogP contribution >= 0.6 is 35.3 Å². The van der Waals surface area contributed by atoms with Gasteiger partial charge in [0.25, 0.3) is 5.90 Å². The number of nitrogens with one attached hydrogen (secondary N) is 2. The summed E-state index contributed by atoms with van der Waals surface area (Å²) >= 11 is 1.26. The van der Waals surface area contributed by atoms with Crippen LogP contribution in [0.15, 0.2) is 12.1 Å². The average molecular weight is 376 g/mol. The van der Waals surface area contributed by atoms with Gasteiger partial charge in [-0.2, -0.15) is 8.78 Å². The zero-order chi connectivity index (χ0) is 12.7. The van der Waals surface area contributed by atoms with Gasteiger partial charge in [-0.05, 0) is 19.1 Å². The van der Waals surface area contributed by atoms with Gasteiger partial charge in [-0.3, -0.25) is 10.8 Å². The lowest BCUT2D eigenvalue weighted by molar-refractivity contribution is 0.197. The number of ether oxygens (including phenoxy) is 1. The molecule has 0 aliphatic carbocycles. The Morgan fingerprint density at radius 1 is 1.29 bits per heavy atom. The molecule has 0 aliphatic rings. The third kappa shape index (κ3) is 6.67. The Balaban J connectivity index is 0. The van der Waals surface area contributed by atoms with Crippen LogP contribution in [0.5, 0.6) is 0 Å². The van der Waals surface area contributed by atoms with Crippen molar-refractivity contribution in [2.24, 2.45) is 0 Å². The SMILES string of the molecule is CC.Cc1ccc(C(=N)OC(=N)C(F)F)s1.I. The smallest absolute Gasteiger partial charge is 0.312 e. The van der Waals surface area contributed by atoms with Crippen LogP contribution < -0.4 is 0 Å². The Morgan fingerprint density at radius 2 is 1.82 bits per heavy atom. The van der Waals surface area contributed by atoms with Gasteiger partial charge in [-0.1, -0.05) is 13.8 Å². The molecule has 17 heavy (non-hydrogen) atoms. The first kappa shape index (κ1) is 18.8. The molecule has 0 unspecified atom stereocenters. The van der Waals surface area contributed by atoms with Crippen molar-refractivity contribution in [3.05, 3.63) is 21.9 Å². The van der Waals surface area contributed by atoms with Gasteiger partial charge in [0.2, 0.25) is 5.90 Å². The molecule has 0 bridgehead atoms. The summed E-state index contributed by atoms with van der Waals surface area (Å²) in [5.41, 5.74) is 0. The maximum absolute atomic E-state index is 11.9. The van der Waals surface area contributed by atoms with Gasteiger partial charge < -0.3 is 4.74 Å². The number of halogens is 3. The minimum atomic E-state index is -2.98. The summed E-state index contributed by atoms with van der Waals surface area (Å²) in [4.78, 5) is 1.39. The van der Waals surface area contributed by atoms with Crippen molar-refractivity contribution in [1.29, 1.82) is 10.8 Å². The van der Waals surface area contributed by atoms with Crippen LogP contribution in [0.3, 0.4) is 0 Å². The lowest BCUT2D eigenvalue weighted by atomic mass is 10.4. The number of thiophene rings is 1. The van der Waals surface area contributed by atoms with Gasteiger partial charge in [0.1, 0.15) is 0 Å². The van der Waals surface area contributed by atoms with Crippen LogP contribution in [0.25, 0.3) is 0 Å².